The number of carbonyl (C=O) groups is 1. The maximum absolute atomic E-state index is 14.1. The fourth-order valence-electron chi connectivity index (χ4n) is 3.66. The molecule has 1 amide bonds. The van der Waals surface area contributed by atoms with Crippen LogP contribution in [-0.4, -0.2) is 35.1 Å². The molecule has 1 N–H and O–H groups in total. The molecule has 1 saturated heterocycles. The van der Waals surface area contributed by atoms with Gasteiger partial charge in [-0.25, -0.2) is 8.78 Å². The zero-order valence-electron chi connectivity index (χ0n) is 15.5. The van der Waals surface area contributed by atoms with Gasteiger partial charge in [-0.15, -0.1) is 0 Å². The second-order valence-electron chi connectivity index (χ2n) is 7.28. The molecule has 2 aromatic carbocycles. The summed E-state index contributed by atoms with van der Waals surface area (Å²) in [6, 6.07) is 12.8. The number of rotatable bonds is 5. The van der Waals surface area contributed by atoms with Crippen LogP contribution in [0.4, 0.5) is 8.78 Å². The maximum atomic E-state index is 14.1. The van der Waals surface area contributed by atoms with Crippen molar-refractivity contribution in [3.63, 3.8) is 0 Å². The summed E-state index contributed by atoms with van der Waals surface area (Å²) in [6.45, 7) is 2.36. The fraction of sp³-hybridized carbons (Fsp3) is 0.409. The van der Waals surface area contributed by atoms with E-state index in [1.807, 2.05) is 30.3 Å². The van der Waals surface area contributed by atoms with Crippen LogP contribution >= 0.6 is 0 Å². The van der Waals surface area contributed by atoms with E-state index in [-0.39, 0.29) is 17.0 Å². The highest BCUT2D eigenvalue weighted by atomic mass is 19.2. The second kappa shape index (κ2) is 8.61. The number of hydrogen-bond donors (Lipinski definition) is 1. The smallest absolute Gasteiger partial charge is 0.256 e. The summed E-state index contributed by atoms with van der Waals surface area (Å²) in [6.07, 6.45) is 2.40. The van der Waals surface area contributed by atoms with Crippen LogP contribution in [0.15, 0.2) is 42.5 Å². The van der Waals surface area contributed by atoms with Gasteiger partial charge in [-0.05, 0) is 55.7 Å². The number of hydrogen-bond acceptors (Lipinski definition) is 2. The molecular weight excluding hydrogens is 348 g/mol. The molecule has 3 rings (SSSR count). The lowest BCUT2D eigenvalue weighted by molar-refractivity contribution is 0.0433. The van der Waals surface area contributed by atoms with Gasteiger partial charge < -0.3 is 10.0 Å². The van der Waals surface area contributed by atoms with E-state index in [0.717, 1.165) is 6.42 Å². The van der Waals surface area contributed by atoms with E-state index < -0.39 is 23.6 Å². The molecule has 0 bridgehead atoms. The van der Waals surface area contributed by atoms with Crippen LogP contribution in [0.1, 0.15) is 40.7 Å². The van der Waals surface area contributed by atoms with E-state index >= 15 is 0 Å². The molecular formula is C22H25F2NO2. The molecule has 1 heterocycles. The number of amides is 1. The first-order valence-corrected chi connectivity index (χ1v) is 9.43. The van der Waals surface area contributed by atoms with Crippen molar-refractivity contribution in [3.05, 3.63) is 70.8 Å². The summed E-state index contributed by atoms with van der Waals surface area (Å²) in [5.74, 6) is -2.40. The topological polar surface area (TPSA) is 40.5 Å². The Kier molecular flexibility index (Phi) is 6.22. The van der Waals surface area contributed by atoms with Crippen molar-refractivity contribution in [1.29, 1.82) is 0 Å². The number of nitrogens with zero attached hydrogens (tertiary/aromatic N) is 1. The van der Waals surface area contributed by atoms with E-state index in [4.69, 9.17) is 0 Å². The number of likely N-dealkylation sites (tertiary alicyclic amines) is 1. The van der Waals surface area contributed by atoms with Gasteiger partial charge in [0.2, 0.25) is 0 Å². The number of piperidine rings is 1. The minimum absolute atomic E-state index is 0.123. The van der Waals surface area contributed by atoms with Crippen molar-refractivity contribution in [3.8, 4) is 0 Å². The zero-order chi connectivity index (χ0) is 19.4. The second-order valence-corrected chi connectivity index (χ2v) is 7.28. The Hall–Kier alpha value is -2.27. The Morgan fingerprint density at radius 3 is 2.44 bits per heavy atom. The molecule has 1 fully saturated rings. The summed E-state index contributed by atoms with van der Waals surface area (Å²) in [5, 5.41) is 10.5. The van der Waals surface area contributed by atoms with Crippen molar-refractivity contribution in [1.82, 2.24) is 4.90 Å². The molecule has 5 heteroatoms. The van der Waals surface area contributed by atoms with Crippen LogP contribution in [0.3, 0.4) is 0 Å². The van der Waals surface area contributed by atoms with E-state index in [1.54, 1.807) is 4.90 Å². The number of carbonyl (C=O) groups excluding carboxylic acids is 1. The Balaban J connectivity index is 1.54. The Labute approximate surface area is 158 Å². The van der Waals surface area contributed by atoms with Crippen molar-refractivity contribution in [2.24, 2.45) is 5.92 Å². The number of benzene rings is 2. The number of aliphatic hydroxyl groups excluding tert-OH is 1. The Morgan fingerprint density at radius 2 is 1.78 bits per heavy atom. The molecule has 0 aromatic heterocycles. The maximum Gasteiger partial charge on any atom is 0.256 e. The van der Waals surface area contributed by atoms with Gasteiger partial charge in [-0.3, -0.25) is 4.79 Å². The molecule has 0 radical (unpaired) electrons. The molecule has 0 spiro atoms. The third-order valence-electron chi connectivity index (χ3n) is 5.45. The zero-order valence-corrected chi connectivity index (χ0v) is 15.5. The van der Waals surface area contributed by atoms with Gasteiger partial charge in [0, 0.05) is 13.1 Å². The van der Waals surface area contributed by atoms with Crippen LogP contribution in [0, 0.1) is 24.5 Å². The first-order valence-electron chi connectivity index (χ1n) is 9.43. The van der Waals surface area contributed by atoms with E-state index in [2.05, 4.69) is 0 Å². The molecule has 0 unspecified atom stereocenters. The molecule has 3 nitrogen and oxygen atoms in total. The van der Waals surface area contributed by atoms with Crippen LogP contribution < -0.4 is 0 Å². The summed E-state index contributed by atoms with van der Waals surface area (Å²) in [5.41, 5.74) is 1.16. The molecule has 1 atom stereocenters. The standard InChI is InChI=1S/C22H25F2NO2/c1-15-7-9-18(21(24)20(15)23)22(27)25-13-11-17(12-14-25)19(26)10-8-16-5-3-2-4-6-16/h2-7,9,17,19,26H,8,10-14H2,1H3/t19-/m1/s1. The Morgan fingerprint density at radius 1 is 1.11 bits per heavy atom. The third-order valence-corrected chi connectivity index (χ3v) is 5.45. The summed E-state index contributed by atoms with van der Waals surface area (Å²) >= 11 is 0. The molecule has 2 aromatic rings. The van der Waals surface area contributed by atoms with Gasteiger partial charge in [-0.1, -0.05) is 36.4 Å². The van der Waals surface area contributed by atoms with Crippen molar-refractivity contribution in [2.75, 3.05) is 13.1 Å². The average molecular weight is 373 g/mol. The number of aryl methyl sites for hydroxylation is 2. The predicted molar refractivity (Wildman–Crippen MR) is 100 cm³/mol. The van der Waals surface area contributed by atoms with Gasteiger partial charge >= 0.3 is 0 Å². The van der Waals surface area contributed by atoms with E-state index in [0.29, 0.717) is 32.4 Å². The molecule has 1 aliphatic heterocycles. The number of aliphatic hydroxyl groups is 1. The van der Waals surface area contributed by atoms with E-state index in [1.165, 1.54) is 24.6 Å². The van der Waals surface area contributed by atoms with Crippen LogP contribution in [0.2, 0.25) is 0 Å². The van der Waals surface area contributed by atoms with E-state index in [9.17, 15) is 18.7 Å². The van der Waals surface area contributed by atoms with Gasteiger partial charge in [0.1, 0.15) is 0 Å². The van der Waals surface area contributed by atoms with Crippen molar-refractivity contribution in [2.45, 2.75) is 38.7 Å². The lowest BCUT2D eigenvalue weighted by Crippen LogP contribution is -2.41. The predicted octanol–water partition coefficient (Wildman–Crippen LogP) is 4.12. The summed E-state index contributed by atoms with van der Waals surface area (Å²) in [4.78, 5) is 14.1. The van der Waals surface area contributed by atoms with Gasteiger partial charge in [0.05, 0.1) is 11.7 Å². The SMILES string of the molecule is Cc1ccc(C(=O)N2CCC([C@H](O)CCc3ccccc3)CC2)c(F)c1F. The average Bonchev–Trinajstić information content (AvgIpc) is 2.71. The van der Waals surface area contributed by atoms with Crippen LogP contribution in [0.25, 0.3) is 0 Å². The fourth-order valence-corrected chi connectivity index (χ4v) is 3.66. The lowest BCUT2D eigenvalue weighted by Gasteiger charge is -2.34. The highest BCUT2D eigenvalue weighted by Gasteiger charge is 2.29. The highest BCUT2D eigenvalue weighted by Crippen LogP contribution is 2.25. The van der Waals surface area contributed by atoms with Gasteiger partial charge in [-0.2, -0.15) is 0 Å². The van der Waals surface area contributed by atoms with Crippen LogP contribution in [0.5, 0.6) is 0 Å². The third kappa shape index (κ3) is 4.53. The first kappa shape index (κ1) is 19.5. The summed E-state index contributed by atoms with van der Waals surface area (Å²) < 4.78 is 27.8. The molecule has 27 heavy (non-hydrogen) atoms. The minimum Gasteiger partial charge on any atom is -0.393 e. The van der Waals surface area contributed by atoms with Crippen molar-refractivity contribution >= 4 is 5.91 Å². The minimum atomic E-state index is -1.08. The van der Waals surface area contributed by atoms with Gasteiger partial charge in [0.15, 0.2) is 11.6 Å². The molecule has 1 aliphatic rings. The highest BCUT2D eigenvalue weighted by molar-refractivity contribution is 5.94. The molecule has 0 aliphatic carbocycles. The molecule has 0 saturated carbocycles. The monoisotopic (exact) mass is 373 g/mol. The molecule has 144 valence electrons. The Bertz CT molecular complexity index is 786. The normalized spacial score (nSPS) is 16.4. The number of halogens is 2. The first-order chi connectivity index (χ1) is 13.0. The van der Waals surface area contributed by atoms with Crippen molar-refractivity contribution < 1.29 is 18.7 Å². The lowest BCUT2D eigenvalue weighted by atomic mass is 9.88. The quantitative estimate of drug-likeness (QED) is 0.857. The van der Waals surface area contributed by atoms with Crippen LogP contribution in [-0.2, 0) is 6.42 Å². The largest absolute Gasteiger partial charge is 0.393 e. The summed E-state index contributed by atoms with van der Waals surface area (Å²) in [7, 11) is 0. The van der Waals surface area contributed by atoms with Gasteiger partial charge in [0.25, 0.3) is 5.91 Å².